The first kappa shape index (κ1) is 16.2. The van der Waals surface area contributed by atoms with Crippen molar-refractivity contribution in [2.45, 2.75) is 19.4 Å². The molecule has 0 fully saturated rings. The molecule has 4 nitrogen and oxygen atoms in total. The largest absolute Gasteiger partial charge is 0.271 e. The molecule has 0 aliphatic carbocycles. The van der Waals surface area contributed by atoms with E-state index in [1.807, 2.05) is 30.8 Å². The highest BCUT2D eigenvalue weighted by Gasteiger charge is 2.19. The lowest BCUT2D eigenvalue weighted by atomic mass is 10.0. The monoisotopic (exact) mass is 468 g/mol. The maximum absolute atomic E-state index is 6.31. The zero-order valence-corrected chi connectivity index (χ0v) is 15.6. The van der Waals surface area contributed by atoms with Crippen LogP contribution in [-0.2, 0) is 13.5 Å². The molecule has 0 aliphatic rings. The highest BCUT2D eigenvalue weighted by atomic mass is 127. The van der Waals surface area contributed by atoms with E-state index in [-0.39, 0.29) is 6.04 Å². The lowest BCUT2D eigenvalue weighted by Crippen LogP contribution is -2.30. The van der Waals surface area contributed by atoms with Gasteiger partial charge < -0.3 is 0 Å². The van der Waals surface area contributed by atoms with Gasteiger partial charge in [0.15, 0.2) is 0 Å². The number of nitrogens with two attached hydrogens (primary N) is 1. The molecule has 2 rings (SSSR count). The van der Waals surface area contributed by atoms with Gasteiger partial charge in [0.1, 0.15) is 0 Å². The van der Waals surface area contributed by atoms with Gasteiger partial charge in [-0.25, -0.2) is 0 Å². The van der Waals surface area contributed by atoms with Crippen LogP contribution in [0.3, 0.4) is 0 Å². The first-order valence-electron chi connectivity index (χ1n) is 6.03. The van der Waals surface area contributed by atoms with Crippen molar-refractivity contribution in [3.8, 4) is 0 Å². The van der Waals surface area contributed by atoms with Gasteiger partial charge in [0.05, 0.1) is 22.5 Å². The second-order valence-electron chi connectivity index (χ2n) is 4.56. The number of hydrogen-bond acceptors (Lipinski definition) is 3. The zero-order chi connectivity index (χ0) is 14.9. The molecule has 3 N–H and O–H groups in total. The molecule has 1 aromatic heterocycles. The fourth-order valence-corrected chi connectivity index (χ4v) is 3.41. The maximum atomic E-state index is 6.31. The number of hydrogen-bond donors (Lipinski definition) is 2. The van der Waals surface area contributed by atoms with E-state index in [9.17, 15) is 0 Å². The normalized spacial score (nSPS) is 12.7. The highest BCUT2D eigenvalue weighted by molar-refractivity contribution is 14.1. The Hall–Kier alpha value is -0.150. The van der Waals surface area contributed by atoms with E-state index in [4.69, 9.17) is 17.4 Å². The lowest BCUT2D eigenvalue weighted by molar-refractivity contribution is 0.528. The molecular weight excluding hydrogens is 454 g/mol. The van der Waals surface area contributed by atoms with Gasteiger partial charge in [0, 0.05) is 21.5 Å². The van der Waals surface area contributed by atoms with Crippen LogP contribution in [0, 0.1) is 10.5 Å². The number of benzene rings is 1. The van der Waals surface area contributed by atoms with E-state index in [0.29, 0.717) is 11.4 Å². The third-order valence-corrected chi connectivity index (χ3v) is 5.08. The first-order chi connectivity index (χ1) is 9.43. The van der Waals surface area contributed by atoms with Gasteiger partial charge in [-0.05, 0) is 53.3 Å². The minimum atomic E-state index is -0.0357. The number of hydrazine groups is 1. The Kier molecular flexibility index (Phi) is 5.47. The molecule has 0 saturated carbocycles. The van der Waals surface area contributed by atoms with Crippen LogP contribution >= 0.6 is 50.1 Å². The third kappa shape index (κ3) is 3.36. The number of nitrogens with zero attached hydrogens (tertiary/aromatic N) is 2. The van der Waals surface area contributed by atoms with Gasteiger partial charge in [0.2, 0.25) is 0 Å². The van der Waals surface area contributed by atoms with E-state index in [2.05, 4.69) is 55.1 Å². The summed E-state index contributed by atoms with van der Waals surface area (Å²) in [4.78, 5) is 0. The number of aryl methyl sites for hydroxylation is 2. The molecule has 0 aliphatic heterocycles. The zero-order valence-electron chi connectivity index (χ0n) is 11.1. The summed E-state index contributed by atoms with van der Waals surface area (Å²) < 4.78 is 3.99. The van der Waals surface area contributed by atoms with Crippen LogP contribution in [0.15, 0.2) is 22.7 Å². The molecule has 0 amide bonds. The van der Waals surface area contributed by atoms with Gasteiger partial charge in [-0.2, -0.15) is 5.10 Å². The molecule has 108 valence electrons. The summed E-state index contributed by atoms with van der Waals surface area (Å²) in [7, 11) is 1.89. The van der Waals surface area contributed by atoms with Crippen LogP contribution < -0.4 is 11.3 Å². The van der Waals surface area contributed by atoms with E-state index < -0.39 is 0 Å². The van der Waals surface area contributed by atoms with Gasteiger partial charge >= 0.3 is 0 Å². The van der Waals surface area contributed by atoms with E-state index >= 15 is 0 Å². The van der Waals surface area contributed by atoms with E-state index in [1.165, 1.54) is 0 Å². The SMILES string of the molecule is Cc1nn(C)c(CC(NN)c2cc(I)ccc2Br)c1Cl. The average Bonchev–Trinajstić information content (AvgIpc) is 2.65. The Bertz CT molecular complexity index is 629. The van der Waals surface area contributed by atoms with Crippen molar-refractivity contribution in [2.75, 3.05) is 0 Å². The quantitative estimate of drug-likeness (QED) is 0.410. The maximum Gasteiger partial charge on any atom is 0.0847 e. The van der Waals surface area contributed by atoms with E-state index in [1.54, 1.807) is 0 Å². The molecule has 1 atom stereocenters. The minimum Gasteiger partial charge on any atom is -0.271 e. The number of nitrogens with one attached hydrogen (secondary N) is 1. The second kappa shape index (κ2) is 6.74. The van der Waals surface area contributed by atoms with Crippen molar-refractivity contribution in [3.63, 3.8) is 0 Å². The van der Waals surface area contributed by atoms with Crippen LogP contribution in [0.25, 0.3) is 0 Å². The van der Waals surface area contributed by atoms with Crippen LogP contribution in [0.1, 0.15) is 23.0 Å². The van der Waals surface area contributed by atoms with Crippen molar-refractivity contribution in [1.29, 1.82) is 0 Å². The van der Waals surface area contributed by atoms with Gasteiger partial charge in [-0.3, -0.25) is 16.0 Å². The standard InChI is InChI=1S/C13H15BrClIN4/c1-7-13(15)12(20(2)19-7)6-11(18-17)9-5-8(16)3-4-10(9)14/h3-5,11,18H,6,17H2,1-2H3. The molecule has 1 unspecified atom stereocenters. The number of aromatic nitrogens is 2. The highest BCUT2D eigenvalue weighted by Crippen LogP contribution is 2.30. The molecule has 1 heterocycles. The van der Waals surface area contributed by atoms with Crippen molar-refractivity contribution in [3.05, 3.63) is 48.2 Å². The Balaban J connectivity index is 2.36. The van der Waals surface area contributed by atoms with Crippen molar-refractivity contribution < 1.29 is 0 Å². The lowest BCUT2D eigenvalue weighted by Gasteiger charge is -2.18. The van der Waals surface area contributed by atoms with E-state index in [0.717, 1.165) is 25.0 Å². The molecule has 1 aromatic carbocycles. The van der Waals surface area contributed by atoms with Gasteiger partial charge in [-0.1, -0.05) is 27.5 Å². The molecule has 2 aromatic rings. The van der Waals surface area contributed by atoms with Crippen LogP contribution in [0.5, 0.6) is 0 Å². The van der Waals surface area contributed by atoms with Crippen LogP contribution in [0.4, 0.5) is 0 Å². The Morgan fingerprint density at radius 2 is 2.25 bits per heavy atom. The number of halogens is 3. The predicted molar refractivity (Wildman–Crippen MR) is 93.6 cm³/mol. The summed E-state index contributed by atoms with van der Waals surface area (Å²) in [6, 6.07) is 6.14. The summed E-state index contributed by atoms with van der Waals surface area (Å²) in [6.07, 6.45) is 0.672. The summed E-state index contributed by atoms with van der Waals surface area (Å²) in [5, 5.41) is 5.04. The second-order valence-corrected chi connectivity index (χ2v) is 7.04. The Labute approximate surface area is 145 Å². The summed E-state index contributed by atoms with van der Waals surface area (Å²) in [6.45, 7) is 1.90. The molecule has 0 spiro atoms. The van der Waals surface area contributed by atoms with Crippen molar-refractivity contribution >= 4 is 50.1 Å². The average molecular weight is 470 g/mol. The molecule has 7 heteroatoms. The molecule has 0 radical (unpaired) electrons. The summed E-state index contributed by atoms with van der Waals surface area (Å²) in [5.41, 5.74) is 5.78. The fraction of sp³-hybridized carbons (Fsp3) is 0.308. The Morgan fingerprint density at radius 3 is 2.80 bits per heavy atom. The summed E-state index contributed by atoms with van der Waals surface area (Å²) in [5.74, 6) is 5.73. The first-order valence-corrected chi connectivity index (χ1v) is 8.28. The fourth-order valence-electron chi connectivity index (χ4n) is 2.14. The Morgan fingerprint density at radius 1 is 1.55 bits per heavy atom. The van der Waals surface area contributed by atoms with Crippen molar-refractivity contribution in [1.82, 2.24) is 15.2 Å². The number of rotatable bonds is 4. The summed E-state index contributed by atoms with van der Waals surface area (Å²) >= 11 is 12.2. The smallest absolute Gasteiger partial charge is 0.0847 e. The third-order valence-electron chi connectivity index (χ3n) is 3.19. The molecule has 20 heavy (non-hydrogen) atoms. The van der Waals surface area contributed by atoms with Crippen molar-refractivity contribution in [2.24, 2.45) is 12.9 Å². The minimum absolute atomic E-state index is 0.0357. The van der Waals surface area contributed by atoms with Crippen LogP contribution in [0.2, 0.25) is 5.02 Å². The van der Waals surface area contributed by atoms with Gasteiger partial charge in [-0.15, -0.1) is 0 Å². The van der Waals surface area contributed by atoms with Crippen LogP contribution in [-0.4, -0.2) is 9.78 Å². The molecular formula is C13H15BrClIN4. The van der Waals surface area contributed by atoms with Gasteiger partial charge in [0.25, 0.3) is 0 Å². The topological polar surface area (TPSA) is 55.9 Å². The molecule has 0 bridgehead atoms. The molecule has 0 saturated heterocycles. The predicted octanol–water partition coefficient (Wildman–Crippen LogP) is 3.50.